The summed E-state index contributed by atoms with van der Waals surface area (Å²) in [4.78, 5) is 30.3. The van der Waals surface area contributed by atoms with Crippen LogP contribution in [0.4, 0.5) is 16.2 Å². The van der Waals surface area contributed by atoms with Crippen molar-refractivity contribution >= 4 is 34.2 Å². The Bertz CT molecular complexity index is 1320. The van der Waals surface area contributed by atoms with Gasteiger partial charge in [0.25, 0.3) is 5.91 Å². The molecule has 0 aliphatic heterocycles. The molecule has 1 heterocycles. The third-order valence-corrected chi connectivity index (χ3v) is 6.10. The Morgan fingerprint density at radius 2 is 1.61 bits per heavy atom. The van der Waals surface area contributed by atoms with Crippen LogP contribution in [0.1, 0.15) is 41.3 Å². The average Bonchev–Trinajstić information content (AvgIpc) is 3.28. The third-order valence-electron chi connectivity index (χ3n) is 6.10. The van der Waals surface area contributed by atoms with Gasteiger partial charge in [-0.25, -0.2) is 4.79 Å². The van der Waals surface area contributed by atoms with Crippen LogP contribution in [0, 0.1) is 0 Å². The molecule has 7 heteroatoms. The van der Waals surface area contributed by atoms with Gasteiger partial charge < -0.3 is 25.8 Å². The van der Waals surface area contributed by atoms with E-state index in [0.717, 1.165) is 27.7 Å². The Labute approximate surface area is 211 Å². The molecule has 7 nitrogen and oxygen atoms in total. The van der Waals surface area contributed by atoms with Crippen molar-refractivity contribution in [3.05, 3.63) is 95.7 Å². The minimum atomic E-state index is -0.274. The highest BCUT2D eigenvalue weighted by Crippen LogP contribution is 2.31. The van der Waals surface area contributed by atoms with Gasteiger partial charge in [0, 0.05) is 66.6 Å². The molecule has 4 N–H and O–H groups in total. The minimum absolute atomic E-state index is 0.0259. The van der Waals surface area contributed by atoms with E-state index in [9.17, 15) is 9.59 Å². The van der Waals surface area contributed by atoms with E-state index in [2.05, 4.69) is 62.2 Å². The van der Waals surface area contributed by atoms with Crippen molar-refractivity contribution in [1.29, 1.82) is 0 Å². The van der Waals surface area contributed by atoms with Crippen LogP contribution < -0.4 is 20.9 Å². The number of urea groups is 1. The Kier molecular flexibility index (Phi) is 7.59. The Balaban J connectivity index is 1.51. The lowest BCUT2D eigenvalue weighted by Gasteiger charge is -2.20. The normalized spacial score (nSPS) is 11.8. The van der Waals surface area contributed by atoms with Crippen molar-refractivity contribution in [3.8, 4) is 0 Å². The van der Waals surface area contributed by atoms with E-state index in [4.69, 9.17) is 0 Å². The second kappa shape index (κ2) is 11.0. The lowest BCUT2D eigenvalue weighted by molar-refractivity contribution is 0.0952. The molecule has 0 saturated carbocycles. The van der Waals surface area contributed by atoms with E-state index >= 15 is 0 Å². The first-order valence-electron chi connectivity index (χ1n) is 12.1. The van der Waals surface area contributed by atoms with E-state index in [1.807, 2.05) is 46.3 Å². The average molecular weight is 484 g/mol. The summed E-state index contributed by atoms with van der Waals surface area (Å²) in [6, 6.07) is 23.3. The van der Waals surface area contributed by atoms with Crippen LogP contribution in [0.25, 0.3) is 10.9 Å². The maximum absolute atomic E-state index is 13.0. The molecular weight excluding hydrogens is 450 g/mol. The molecule has 36 heavy (non-hydrogen) atoms. The maximum Gasteiger partial charge on any atom is 0.319 e. The number of aromatic amines is 1. The van der Waals surface area contributed by atoms with Crippen molar-refractivity contribution < 1.29 is 9.59 Å². The SMILES string of the molecule is CC(C)NC(=O)Nc1ccc(C(=O)NCC(c2ccc(N(C)C)cc2)c2c[nH]c3ccccc23)cc1. The molecule has 3 amide bonds. The zero-order chi connectivity index (χ0) is 25.7. The maximum atomic E-state index is 13.0. The van der Waals surface area contributed by atoms with Crippen LogP contribution >= 0.6 is 0 Å². The molecule has 0 spiro atoms. The second-order valence-corrected chi connectivity index (χ2v) is 9.37. The van der Waals surface area contributed by atoms with Gasteiger partial charge in [-0.2, -0.15) is 0 Å². The number of nitrogens with zero attached hydrogens (tertiary/aromatic N) is 1. The van der Waals surface area contributed by atoms with E-state index in [1.165, 1.54) is 0 Å². The first-order chi connectivity index (χ1) is 17.3. The number of H-pyrrole nitrogens is 1. The molecular formula is C29H33N5O2. The third kappa shape index (κ3) is 5.86. The summed E-state index contributed by atoms with van der Waals surface area (Å²) >= 11 is 0. The largest absolute Gasteiger partial charge is 0.378 e. The minimum Gasteiger partial charge on any atom is -0.378 e. The summed E-state index contributed by atoms with van der Waals surface area (Å²) in [5.74, 6) is -0.190. The van der Waals surface area contributed by atoms with E-state index in [-0.39, 0.29) is 23.9 Å². The predicted molar refractivity (Wildman–Crippen MR) is 147 cm³/mol. The number of rotatable bonds is 8. The number of aromatic nitrogens is 1. The van der Waals surface area contributed by atoms with Gasteiger partial charge in [0.1, 0.15) is 0 Å². The molecule has 0 radical (unpaired) electrons. The molecule has 0 fully saturated rings. The summed E-state index contributed by atoms with van der Waals surface area (Å²) in [7, 11) is 4.04. The molecule has 3 aromatic carbocycles. The van der Waals surface area contributed by atoms with Crippen molar-refractivity contribution in [2.45, 2.75) is 25.8 Å². The summed E-state index contributed by atoms with van der Waals surface area (Å²) in [6.07, 6.45) is 2.03. The van der Waals surface area contributed by atoms with Gasteiger partial charge >= 0.3 is 6.03 Å². The lowest BCUT2D eigenvalue weighted by Crippen LogP contribution is -2.34. The standard InChI is InChI=1S/C29H33N5O2/c1-19(2)32-29(36)33-22-13-9-21(10-14-22)28(35)31-17-25(20-11-15-23(16-12-20)34(3)4)26-18-30-27-8-6-5-7-24(26)27/h5-16,18-19,25,30H,17H2,1-4H3,(H,31,35)(H2,32,33,36). The monoisotopic (exact) mass is 483 g/mol. The van der Waals surface area contributed by atoms with Gasteiger partial charge in [0.05, 0.1) is 0 Å². The quantitative estimate of drug-likeness (QED) is 0.273. The molecule has 1 unspecified atom stereocenters. The molecule has 186 valence electrons. The highest BCUT2D eigenvalue weighted by molar-refractivity contribution is 5.95. The fourth-order valence-corrected chi connectivity index (χ4v) is 4.23. The van der Waals surface area contributed by atoms with Crippen molar-refractivity contribution in [1.82, 2.24) is 15.6 Å². The molecule has 4 rings (SSSR count). The number of fused-ring (bicyclic) bond motifs is 1. The number of hydrogen-bond acceptors (Lipinski definition) is 3. The number of anilines is 2. The number of carbonyl (C=O) groups is 2. The topological polar surface area (TPSA) is 89.3 Å². The highest BCUT2D eigenvalue weighted by atomic mass is 16.2. The van der Waals surface area contributed by atoms with Crippen LogP contribution in [0.2, 0.25) is 0 Å². The van der Waals surface area contributed by atoms with Crippen molar-refractivity contribution in [2.75, 3.05) is 30.9 Å². The number of hydrogen-bond donors (Lipinski definition) is 4. The molecule has 1 atom stereocenters. The lowest BCUT2D eigenvalue weighted by atomic mass is 9.90. The van der Waals surface area contributed by atoms with Gasteiger partial charge in [-0.1, -0.05) is 30.3 Å². The summed E-state index contributed by atoms with van der Waals surface area (Å²) < 4.78 is 0. The van der Waals surface area contributed by atoms with Crippen LogP contribution in [0.5, 0.6) is 0 Å². The Morgan fingerprint density at radius 1 is 0.917 bits per heavy atom. The number of amides is 3. The predicted octanol–water partition coefficient (Wildman–Crippen LogP) is 5.33. The number of nitrogens with one attached hydrogen (secondary N) is 4. The van der Waals surface area contributed by atoms with E-state index in [1.54, 1.807) is 24.3 Å². The summed E-state index contributed by atoms with van der Waals surface area (Å²) in [6.45, 7) is 4.24. The van der Waals surface area contributed by atoms with Gasteiger partial charge in [0.15, 0.2) is 0 Å². The van der Waals surface area contributed by atoms with Crippen LogP contribution in [0.15, 0.2) is 79.0 Å². The van der Waals surface area contributed by atoms with Gasteiger partial charge in [-0.05, 0) is 67.4 Å². The van der Waals surface area contributed by atoms with E-state index < -0.39 is 0 Å². The van der Waals surface area contributed by atoms with Crippen molar-refractivity contribution in [3.63, 3.8) is 0 Å². The fourth-order valence-electron chi connectivity index (χ4n) is 4.23. The fraction of sp³-hybridized carbons (Fsp3) is 0.241. The Morgan fingerprint density at radius 3 is 2.28 bits per heavy atom. The van der Waals surface area contributed by atoms with Crippen molar-refractivity contribution in [2.24, 2.45) is 0 Å². The molecule has 0 saturated heterocycles. The molecule has 0 aliphatic rings. The molecule has 0 bridgehead atoms. The zero-order valence-electron chi connectivity index (χ0n) is 21.1. The number of para-hydroxylation sites is 1. The summed E-state index contributed by atoms with van der Waals surface area (Å²) in [5.41, 5.74) is 5.61. The van der Waals surface area contributed by atoms with E-state index in [0.29, 0.717) is 17.8 Å². The number of benzene rings is 3. The Hall–Kier alpha value is -4.26. The summed E-state index contributed by atoms with van der Waals surface area (Å²) in [5, 5.41) is 9.80. The molecule has 0 aliphatic carbocycles. The van der Waals surface area contributed by atoms with Gasteiger partial charge in [-0.3, -0.25) is 4.79 Å². The second-order valence-electron chi connectivity index (χ2n) is 9.37. The number of carbonyl (C=O) groups excluding carboxylic acids is 2. The van der Waals surface area contributed by atoms with Gasteiger partial charge in [0.2, 0.25) is 0 Å². The first-order valence-corrected chi connectivity index (χ1v) is 12.1. The van der Waals surface area contributed by atoms with Gasteiger partial charge in [-0.15, -0.1) is 0 Å². The van der Waals surface area contributed by atoms with Crippen LogP contribution in [0.3, 0.4) is 0 Å². The zero-order valence-corrected chi connectivity index (χ0v) is 21.1. The van der Waals surface area contributed by atoms with Crippen LogP contribution in [-0.4, -0.2) is 43.6 Å². The first kappa shape index (κ1) is 24.9. The smallest absolute Gasteiger partial charge is 0.319 e. The highest BCUT2D eigenvalue weighted by Gasteiger charge is 2.20. The van der Waals surface area contributed by atoms with Crippen LogP contribution in [-0.2, 0) is 0 Å². The molecule has 4 aromatic rings. The molecule has 1 aromatic heterocycles.